The van der Waals surface area contributed by atoms with E-state index in [2.05, 4.69) is 11.0 Å². The fourth-order valence-electron chi connectivity index (χ4n) is 2.86. The number of nitrogen functional groups attached to an aromatic ring is 1. The van der Waals surface area contributed by atoms with Crippen molar-refractivity contribution in [2.45, 2.75) is 19.5 Å². The number of nitrogens with two attached hydrogens (primary N) is 1. The average Bonchev–Trinajstić information content (AvgIpc) is 2.47. The van der Waals surface area contributed by atoms with Crippen molar-refractivity contribution in [3.8, 4) is 0 Å². The molecule has 3 rings (SSSR count). The predicted octanol–water partition coefficient (Wildman–Crippen LogP) is 2.74. The Morgan fingerprint density at radius 1 is 1.24 bits per heavy atom. The molecule has 0 saturated carbocycles. The highest BCUT2D eigenvalue weighted by molar-refractivity contribution is 5.51. The number of non-ortho nitro benzene ring substituents is 1. The van der Waals surface area contributed by atoms with Crippen molar-refractivity contribution >= 4 is 11.4 Å². The molecular weight excluding hydrogens is 266 g/mol. The van der Waals surface area contributed by atoms with E-state index in [1.807, 2.05) is 18.2 Å². The molecule has 0 aliphatic carbocycles. The lowest BCUT2D eigenvalue weighted by atomic mass is 9.97. The SMILES string of the molecule is Nc1cccc2c1CCN(Cc1cccc([N+](=O)[O-])c1)C2. The first-order chi connectivity index (χ1) is 10.1. The smallest absolute Gasteiger partial charge is 0.269 e. The van der Waals surface area contributed by atoms with E-state index in [1.165, 1.54) is 17.2 Å². The second-order valence-electron chi connectivity index (χ2n) is 5.37. The van der Waals surface area contributed by atoms with Crippen LogP contribution in [0, 0.1) is 10.1 Å². The Morgan fingerprint density at radius 3 is 2.86 bits per heavy atom. The van der Waals surface area contributed by atoms with Crippen LogP contribution in [0.3, 0.4) is 0 Å². The summed E-state index contributed by atoms with van der Waals surface area (Å²) in [6, 6.07) is 12.9. The molecule has 2 aromatic carbocycles. The number of nitro benzene ring substituents is 1. The van der Waals surface area contributed by atoms with E-state index in [9.17, 15) is 10.1 Å². The van der Waals surface area contributed by atoms with E-state index in [-0.39, 0.29) is 10.6 Å². The number of anilines is 1. The van der Waals surface area contributed by atoms with Gasteiger partial charge in [0, 0.05) is 37.5 Å². The highest BCUT2D eigenvalue weighted by Crippen LogP contribution is 2.25. The van der Waals surface area contributed by atoms with Crippen LogP contribution in [0.5, 0.6) is 0 Å². The van der Waals surface area contributed by atoms with E-state index < -0.39 is 0 Å². The van der Waals surface area contributed by atoms with Gasteiger partial charge in [-0.15, -0.1) is 0 Å². The van der Waals surface area contributed by atoms with Gasteiger partial charge in [-0.1, -0.05) is 24.3 Å². The fourth-order valence-corrected chi connectivity index (χ4v) is 2.86. The number of benzene rings is 2. The van der Waals surface area contributed by atoms with Gasteiger partial charge in [-0.25, -0.2) is 0 Å². The topological polar surface area (TPSA) is 72.4 Å². The molecule has 0 atom stereocenters. The van der Waals surface area contributed by atoms with Gasteiger partial charge in [0.25, 0.3) is 5.69 Å². The molecule has 1 heterocycles. The Labute approximate surface area is 123 Å². The summed E-state index contributed by atoms with van der Waals surface area (Å²) >= 11 is 0. The maximum atomic E-state index is 10.8. The van der Waals surface area contributed by atoms with Gasteiger partial charge in [-0.05, 0) is 29.2 Å². The molecule has 1 aliphatic rings. The minimum atomic E-state index is -0.351. The number of rotatable bonds is 3. The van der Waals surface area contributed by atoms with Gasteiger partial charge < -0.3 is 5.73 Å². The van der Waals surface area contributed by atoms with Gasteiger partial charge in [-0.2, -0.15) is 0 Å². The molecule has 0 amide bonds. The van der Waals surface area contributed by atoms with Crippen LogP contribution in [-0.4, -0.2) is 16.4 Å². The Hall–Kier alpha value is -2.40. The van der Waals surface area contributed by atoms with Crippen LogP contribution in [0.1, 0.15) is 16.7 Å². The van der Waals surface area contributed by atoms with E-state index in [0.717, 1.165) is 37.3 Å². The number of nitrogens with zero attached hydrogens (tertiary/aromatic N) is 2. The Morgan fingerprint density at radius 2 is 2.05 bits per heavy atom. The molecule has 2 N–H and O–H groups in total. The Kier molecular flexibility index (Phi) is 3.58. The largest absolute Gasteiger partial charge is 0.398 e. The molecule has 21 heavy (non-hydrogen) atoms. The van der Waals surface area contributed by atoms with Gasteiger partial charge in [-0.3, -0.25) is 15.0 Å². The molecule has 0 fully saturated rings. The Balaban J connectivity index is 1.75. The van der Waals surface area contributed by atoms with Gasteiger partial charge in [0.2, 0.25) is 0 Å². The molecule has 0 unspecified atom stereocenters. The summed E-state index contributed by atoms with van der Waals surface area (Å²) in [5.74, 6) is 0. The zero-order valence-corrected chi connectivity index (χ0v) is 11.7. The monoisotopic (exact) mass is 283 g/mol. The standard InChI is InChI=1S/C16H17N3O2/c17-16-6-2-4-13-11-18(8-7-15(13)16)10-12-3-1-5-14(9-12)19(20)21/h1-6,9H,7-8,10-11,17H2. The normalized spacial score (nSPS) is 14.7. The zero-order chi connectivity index (χ0) is 14.8. The second kappa shape index (κ2) is 5.54. The van der Waals surface area contributed by atoms with Crippen molar-refractivity contribution in [2.75, 3.05) is 12.3 Å². The molecule has 108 valence electrons. The first-order valence-electron chi connectivity index (χ1n) is 6.95. The minimum absolute atomic E-state index is 0.147. The van der Waals surface area contributed by atoms with Crippen LogP contribution in [0.4, 0.5) is 11.4 Å². The van der Waals surface area contributed by atoms with Crippen molar-refractivity contribution in [1.29, 1.82) is 0 Å². The third-order valence-corrected chi connectivity index (χ3v) is 3.91. The van der Waals surface area contributed by atoms with E-state index >= 15 is 0 Å². The molecular formula is C16H17N3O2. The third-order valence-electron chi connectivity index (χ3n) is 3.91. The summed E-state index contributed by atoms with van der Waals surface area (Å²) in [5.41, 5.74) is 10.5. The number of hydrogen-bond acceptors (Lipinski definition) is 4. The quantitative estimate of drug-likeness (QED) is 0.534. The maximum absolute atomic E-state index is 10.8. The summed E-state index contributed by atoms with van der Waals surface area (Å²) < 4.78 is 0. The Bertz CT molecular complexity index is 685. The minimum Gasteiger partial charge on any atom is -0.398 e. The molecule has 0 bridgehead atoms. The molecule has 0 spiro atoms. The first kappa shape index (κ1) is 13.6. The summed E-state index contributed by atoms with van der Waals surface area (Å²) in [7, 11) is 0. The van der Waals surface area contributed by atoms with Gasteiger partial charge >= 0.3 is 0 Å². The summed E-state index contributed by atoms with van der Waals surface area (Å²) in [5, 5.41) is 10.8. The lowest BCUT2D eigenvalue weighted by molar-refractivity contribution is -0.384. The van der Waals surface area contributed by atoms with Gasteiger partial charge in [0.15, 0.2) is 0 Å². The maximum Gasteiger partial charge on any atom is 0.269 e. The molecule has 1 aliphatic heterocycles. The molecule has 5 nitrogen and oxygen atoms in total. The molecule has 5 heteroatoms. The molecule has 0 saturated heterocycles. The lowest BCUT2D eigenvalue weighted by Gasteiger charge is -2.29. The van der Waals surface area contributed by atoms with Crippen LogP contribution in [0.25, 0.3) is 0 Å². The third kappa shape index (κ3) is 2.87. The summed E-state index contributed by atoms with van der Waals surface area (Å²) in [6.07, 6.45) is 0.928. The summed E-state index contributed by atoms with van der Waals surface area (Å²) in [6.45, 7) is 2.48. The van der Waals surface area contributed by atoms with E-state index in [4.69, 9.17) is 5.73 Å². The number of fused-ring (bicyclic) bond motifs is 1. The highest BCUT2D eigenvalue weighted by Gasteiger charge is 2.18. The van der Waals surface area contributed by atoms with E-state index in [1.54, 1.807) is 12.1 Å². The van der Waals surface area contributed by atoms with Crippen molar-refractivity contribution in [1.82, 2.24) is 4.90 Å². The summed E-state index contributed by atoms with van der Waals surface area (Å²) in [4.78, 5) is 12.8. The van der Waals surface area contributed by atoms with Crippen LogP contribution >= 0.6 is 0 Å². The molecule has 2 aromatic rings. The van der Waals surface area contributed by atoms with Gasteiger partial charge in [0.05, 0.1) is 4.92 Å². The van der Waals surface area contributed by atoms with Crippen LogP contribution in [0.2, 0.25) is 0 Å². The van der Waals surface area contributed by atoms with Crippen molar-refractivity contribution in [3.63, 3.8) is 0 Å². The van der Waals surface area contributed by atoms with Crippen molar-refractivity contribution in [2.24, 2.45) is 0 Å². The first-order valence-corrected chi connectivity index (χ1v) is 6.95. The lowest BCUT2D eigenvalue weighted by Crippen LogP contribution is -2.30. The number of hydrogen-bond donors (Lipinski definition) is 1. The molecule has 0 aromatic heterocycles. The van der Waals surface area contributed by atoms with Gasteiger partial charge in [0.1, 0.15) is 0 Å². The van der Waals surface area contributed by atoms with Crippen LogP contribution in [-0.2, 0) is 19.5 Å². The number of nitro groups is 1. The van der Waals surface area contributed by atoms with Crippen LogP contribution < -0.4 is 5.73 Å². The fraction of sp³-hybridized carbons (Fsp3) is 0.250. The second-order valence-corrected chi connectivity index (χ2v) is 5.37. The van der Waals surface area contributed by atoms with Crippen molar-refractivity contribution < 1.29 is 4.92 Å². The van der Waals surface area contributed by atoms with Crippen LogP contribution in [0.15, 0.2) is 42.5 Å². The van der Waals surface area contributed by atoms with E-state index in [0.29, 0.717) is 0 Å². The average molecular weight is 283 g/mol. The zero-order valence-electron chi connectivity index (χ0n) is 11.7. The highest BCUT2D eigenvalue weighted by atomic mass is 16.6. The predicted molar refractivity (Wildman–Crippen MR) is 81.8 cm³/mol. The molecule has 0 radical (unpaired) electrons. The van der Waals surface area contributed by atoms with Crippen molar-refractivity contribution in [3.05, 3.63) is 69.3 Å².